The van der Waals surface area contributed by atoms with Gasteiger partial charge in [0, 0.05) is 39.4 Å². The van der Waals surface area contributed by atoms with Crippen LogP contribution in [0.5, 0.6) is 0 Å². The maximum absolute atomic E-state index is 2.48. The number of benzene rings is 10. The summed E-state index contributed by atoms with van der Waals surface area (Å²) in [6.07, 6.45) is 0. The molecule has 3 aliphatic rings. The zero-order chi connectivity index (χ0) is 42.6. The SMILES string of the molecule is CC1(C)c2ccccc2-c2ccc(N(c3ccccc3)c3ccc4c(c3)-c3ccccc3C43c4ccccc4-c4c3c(N(c3ccccc3)c3ccccc3)cc3ccccc43)cc21. The Morgan fingerprint density at radius 3 is 1.45 bits per heavy atom. The van der Waals surface area contributed by atoms with Gasteiger partial charge in [0.15, 0.2) is 0 Å². The molecular formula is C62H44N2. The number of nitrogens with zero attached hydrogens (tertiary/aromatic N) is 2. The number of rotatable bonds is 6. The summed E-state index contributed by atoms with van der Waals surface area (Å²) < 4.78 is 0. The fourth-order valence-electron chi connectivity index (χ4n) is 11.7. The molecule has 0 heterocycles. The molecule has 13 rings (SSSR count). The lowest BCUT2D eigenvalue weighted by molar-refractivity contribution is 0.660. The van der Waals surface area contributed by atoms with Crippen LogP contribution in [0.1, 0.15) is 47.2 Å². The Hall–Kier alpha value is -7.94. The molecule has 1 atom stereocenters. The van der Waals surface area contributed by atoms with Crippen molar-refractivity contribution in [3.05, 3.63) is 264 Å². The van der Waals surface area contributed by atoms with E-state index in [9.17, 15) is 0 Å². The molecule has 0 aromatic heterocycles. The Morgan fingerprint density at radius 2 is 0.781 bits per heavy atom. The van der Waals surface area contributed by atoms with E-state index in [0.717, 1.165) is 28.4 Å². The third-order valence-electron chi connectivity index (χ3n) is 14.4. The van der Waals surface area contributed by atoms with Crippen LogP contribution in [-0.4, -0.2) is 0 Å². The van der Waals surface area contributed by atoms with Crippen LogP contribution >= 0.6 is 0 Å². The molecule has 3 aliphatic carbocycles. The van der Waals surface area contributed by atoms with Crippen molar-refractivity contribution in [3.63, 3.8) is 0 Å². The molecule has 2 heteroatoms. The summed E-state index contributed by atoms with van der Waals surface area (Å²) >= 11 is 0. The minimum Gasteiger partial charge on any atom is -0.310 e. The molecule has 0 saturated heterocycles. The molecule has 0 amide bonds. The summed E-state index contributed by atoms with van der Waals surface area (Å²) in [5.74, 6) is 0. The Labute approximate surface area is 375 Å². The van der Waals surface area contributed by atoms with Crippen molar-refractivity contribution >= 4 is 44.9 Å². The van der Waals surface area contributed by atoms with Gasteiger partial charge >= 0.3 is 0 Å². The highest BCUT2D eigenvalue weighted by atomic mass is 15.2. The van der Waals surface area contributed by atoms with E-state index in [2.05, 4.69) is 254 Å². The molecule has 0 N–H and O–H groups in total. The maximum atomic E-state index is 2.48. The van der Waals surface area contributed by atoms with Gasteiger partial charge in [0.2, 0.25) is 0 Å². The van der Waals surface area contributed by atoms with Crippen molar-refractivity contribution in [3.8, 4) is 33.4 Å². The summed E-state index contributed by atoms with van der Waals surface area (Å²) in [7, 11) is 0. The lowest BCUT2D eigenvalue weighted by atomic mass is 9.69. The molecule has 0 saturated carbocycles. The lowest BCUT2D eigenvalue weighted by Crippen LogP contribution is -2.28. The predicted octanol–water partition coefficient (Wildman–Crippen LogP) is 16.4. The minimum atomic E-state index is -0.599. The first-order valence-electron chi connectivity index (χ1n) is 22.4. The Balaban J connectivity index is 1.09. The van der Waals surface area contributed by atoms with E-state index in [0.29, 0.717) is 0 Å². The van der Waals surface area contributed by atoms with Crippen molar-refractivity contribution in [2.24, 2.45) is 0 Å². The van der Waals surface area contributed by atoms with E-state index in [4.69, 9.17) is 0 Å². The van der Waals surface area contributed by atoms with Crippen LogP contribution in [0.3, 0.4) is 0 Å². The zero-order valence-electron chi connectivity index (χ0n) is 35.8. The van der Waals surface area contributed by atoms with Gasteiger partial charge in [-0.15, -0.1) is 0 Å². The number of hydrogen-bond acceptors (Lipinski definition) is 2. The second-order valence-electron chi connectivity index (χ2n) is 18.0. The summed E-state index contributed by atoms with van der Waals surface area (Å²) in [4.78, 5) is 4.94. The smallest absolute Gasteiger partial charge is 0.0746 e. The average Bonchev–Trinajstić information content (AvgIpc) is 3.91. The highest BCUT2D eigenvalue weighted by molar-refractivity contribution is 6.11. The lowest BCUT2D eigenvalue weighted by Gasteiger charge is -2.36. The van der Waals surface area contributed by atoms with E-state index in [1.165, 1.54) is 83.2 Å². The zero-order valence-corrected chi connectivity index (χ0v) is 35.8. The average molecular weight is 817 g/mol. The van der Waals surface area contributed by atoms with Gasteiger partial charge in [0.05, 0.1) is 11.1 Å². The number of fused-ring (bicyclic) bond motifs is 15. The van der Waals surface area contributed by atoms with Crippen LogP contribution in [0.25, 0.3) is 44.2 Å². The molecule has 0 aliphatic heterocycles. The normalized spacial score (nSPS) is 15.5. The fraction of sp³-hybridized carbons (Fsp3) is 0.0645. The van der Waals surface area contributed by atoms with Crippen LogP contribution in [-0.2, 0) is 10.8 Å². The number of hydrogen-bond donors (Lipinski definition) is 0. The molecule has 1 unspecified atom stereocenters. The quantitative estimate of drug-likeness (QED) is 0.165. The van der Waals surface area contributed by atoms with Gasteiger partial charge in [0.25, 0.3) is 0 Å². The van der Waals surface area contributed by atoms with E-state index in [-0.39, 0.29) is 5.41 Å². The van der Waals surface area contributed by atoms with Gasteiger partial charge in [-0.1, -0.05) is 178 Å². The summed E-state index contributed by atoms with van der Waals surface area (Å²) in [6, 6.07) is 85.8. The monoisotopic (exact) mass is 816 g/mol. The van der Waals surface area contributed by atoms with E-state index in [1.807, 2.05) is 0 Å². The molecule has 10 aromatic rings. The van der Waals surface area contributed by atoms with E-state index >= 15 is 0 Å². The summed E-state index contributed by atoms with van der Waals surface area (Å²) in [5, 5.41) is 2.49. The van der Waals surface area contributed by atoms with Crippen LogP contribution in [0.15, 0.2) is 231 Å². The molecule has 1 spiro atoms. The van der Waals surface area contributed by atoms with E-state index < -0.39 is 5.41 Å². The second kappa shape index (κ2) is 13.8. The van der Waals surface area contributed by atoms with Crippen molar-refractivity contribution in [2.45, 2.75) is 24.7 Å². The van der Waals surface area contributed by atoms with Crippen molar-refractivity contribution in [2.75, 3.05) is 9.80 Å². The standard InChI is InChI=1S/C62H44N2/c1-61(2)53-31-17-14-28-48(53)50-36-34-46(40-57(50)61)63(42-21-6-3-7-22-42)45-35-37-56-52(39-45)49-29-15-18-32-54(49)62(56)55-33-19-16-30-51(55)59-47-27-13-12-20-41(47)38-58(60(59)62)64(43-23-8-4-9-24-43)44-25-10-5-11-26-44/h3-40H,1-2H3. The van der Waals surface area contributed by atoms with Gasteiger partial charge in [-0.05, 0) is 139 Å². The summed E-state index contributed by atoms with van der Waals surface area (Å²) in [6.45, 7) is 4.73. The van der Waals surface area contributed by atoms with Crippen LogP contribution < -0.4 is 9.80 Å². The molecule has 10 aromatic carbocycles. The molecular weight excluding hydrogens is 773 g/mol. The minimum absolute atomic E-state index is 0.119. The van der Waals surface area contributed by atoms with Crippen molar-refractivity contribution < 1.29 is 0 Å². The predicted molar refractivity (Wildman–Crippen MR) is 267 cm³/mol. The van der Waals surface area contributed by atoms with Crippen molar-refractivity contribution in [1.82, 2.24) is 0 Å². The number of para-hydroxylation sites is 3. The van der Waals surface area contributed by atoms with Gasteiger partial charge < -0.3 is 9.80 Å². The third kappa shape index (κ3) is 5.02. The van der Waals surface area contributed by atoms with E-state index in [1.54, 1.807) is 0 Å². The molecule has 2 nitrogen and oxygen atoms in total. The molecule has 0 fully saturated rings. The molecule has 0 bridgehead atoms. The number of anilines is 6. The molecule has 0 radical (unpaired) electrons. The topological polar surface area (TPSA) is 6.48 Å². The van der Waals surface area contributed by atoms with Gasteiger partial charge in [-0.2, -0.15) is 0 Å². The maximum Gasteiger partial charge on any atom is 0.0746 e. The van der Waals surface area contributed by atoms with Gasteiger partial charge in [-0.3, -0.25) is 0 Å². The molecule has 302 valence electrons. The second-order valence-corrected chi connectivity index (χ2v) is 18.0. The molecule has 64 heavy (non-hydrogen) atoms. The van der Waals surface area contributed by atoms with Crippen LogP contribution in [0.2, 0.25) is 0 Å². The Morgan fingerprint density at radius 1 is 0.312 bits per heavy atom. The highest BCUT2D eigenvalue weighted by Crippen LogP contribution is 2.67. The summed E-state index contributed by atoms with van der Waals surface area (Å²) in [5.41, 5.74) is 21.9. The van der Waals surface area contributed by atoms with Crippen molar-refractivity contribution in [1.29, 1.82) is 0 Å². The first-order valence-corrected chi connectivity index (χ1v) is 22.4. The first-order chi connectivity index (χ1) is 31.5. The fourth-order valence-corrected chi connectivity index (χ4v) is 11.7. The Kier molecular flexibility index (Phi) is 7.90. The van der Waals surface area contributed by atoms with Gasteiger partial charge in [0.1, 0.15) is 0 Å². The first kappa shape index (κ1) is 36.7. The van der Waals surface area contributed by atoms with Crippen LogP contribution in [0.4, 0.5) is 34.1 Å². The highest BCUT2D eigenvalue weighted by Gasteiger charge is 2.54. The third-order valence-corrected chi connectivity index (χ3v) is 14.4. The largest absolute Gasteiger partial charge is 0.310 e. The Bertz CT molecular complexity index is 3440. The van der Waals surface area contributed by atoms with Crippen LogP contribution in [0, 0.1) is 0 Å². The van der Waals surface area contributed by atoms with Gasteiger partial charge in [-0.25, -0.2) is 0 Å².